The number of carbonyl (C=O) groups excluding carboxylic acids is 1. The molecule has 172 valence electrons. The summed E-state index contributed by atoms with van der Waals surface area (Å²) in [7, 11) is -2.52. The molecule has 2 aromatic carbocycles. The van der Waals surface area contributed by atoms with Gasteiger partial charge < -0.3 is 19.5 Å². The molecule has 1 heterocycles. The van der Waals surface area contributed by atoms with Crippen molar-refractivity contribution in [3.05, 3.63) is 48.0 Å². The lowest BCUT2D eigenvalue weighted by molar-refractivity contribution is -0.148. The Labute approximate surface area is 187 Å². The fraction of sp³-hybridized carbons (Fsp3) is 0.364. The number of carboxylic acids is 1. The minimum atomic E-state index is -4.00. The van der Waals surface area contributed by atoms with Crippen molar-refractivity contribution in [2.24, 2.45) is 5.92 Å². The summed E-state index contributed by atoms with van der Waals surface area (Å²) in [6.07, 6.45) is 1.39. The molecule has 0 aromatic heterocycles. The Morgan fingerprint density at radius 1 is 1.19 bits per heavy atom. The Morgan fingerprint density at radius 3 is 2.53 bits per heavy atom. The molecule has 32 heavy (non-hydrogen) atoms. The number of methoxy groups -OCH3 is 1. The Balaban J connectivity index is 1.94. The van der Waals surface area contributed by atoms with Crippen LogP contribution in [0.15, 0.2) is 47.4 Å². The summed E-state index contributed by atoms with van der Waals surface area (Å²) in [5.74, 6) is -1.30. The topological polar surface area (TPSA) is 122 Å². The van der Waals surface area contributed by atoms with E-state index in [0.29, 0.717) is 30.9 Å². The van der Waals surface area contributed by atoms with Gasteiger partial charge in [0, 0.05) is 13.1 Å². The van der Waals surface area contributed by atoms with E-state index >= 15 is 0 Å². The van der Waals surface area contributed by atoms with Crippen LogP contribution in [0, 0.1) is 5.92 Å². The van der Waals surface area contributed by atoms with Gasteiger partial charge in [-0.05, 0) is 62.2 Å². The molecule has 2 N–H and O–H groups in total. The van der Waals surface area contributed by atoms with E-state index in [1.54, 1.807) is 13.0 Å². The van der Waals surface area contributed by atoms with Crippen molar-refractivity contribution < 1.29 is 32.6 Å². The standard InChI is InChI=1S/C22H26N2O7S/c1-3-31-22(27)16-5-4-12-24(14-16)20-11-6-15(21(25)26)13-19(20)23-32(28,29)18-9-7-17(30-2)8-10-18/h6-11,13,16,23H,3-5,12,14H2,1-2H3,(H,25,26)/t16-/m0/s1. The molecule has 10 heteroatoms. The van der Waals surface area contributed by atoms with Gasteiger partial charge in [-0.25, -0.2) is 13.2 Å². The highest BCUT2D eigenvalue weighted by molar-refractivity contribution is 7.92. The molecule has 1 saturated heterocycles. The number of nitrogens with zero attached hydrogens (tertiary/aromatic N) is 1. The van der Waals surface area contributed by atoms with Gasteiger partial charge in [0.05, 0.1) is 41.5 Å². The third-order valence-corrected chi connectivity index (χ3v) is 6.62. The third-order valence-electron chi connectivity index (χ3n) is 5.24. The van der Waals surface area contributed by atoms with Crippen LogP contribution in [0.2, 0.25) is 0 Å². The molecular formula is C22H26N2O7S. The van der Waals surface area contributed by atoms with Crippen LogP contribution in [-0.2, 0) is 19.6 Å². The first-order valence-corrected chi connectivity index (χ1v) is 11.7. The number of esters is 1. The van der Waals surface area contributed by atoms with E-state index in [2.05, 4.69) is 4.72 Å². The number of carboxylic acid groups (broad SMARTS) is 1. The van der Waals surface area contributed by atoms with Gasteiger partial charge in [0.25, 0.3) is 10.0 Å². The number of aromatic carboxylic acids is 1. The van der Waals surface area contributed by atoms with Gasteiger partial charge in [0.15, 0.2) is 0 Å². The van der Waals surface area contributed by atoms with Crippen molar-refractivity contribution in [1.82, 2.24) is 0 Å². The monoisotopic (exact) mass is 462 g/mol. The molecule has 0 spiro atoms. The van der Waals surface area contributed by atoms with Crippen LogP contribution in [0.25, 0.3) is 0 Å². The van der Waals surface area contributed by atoms with Gasteiger partial charge in [0.2, 0.25) is 0 Å². The molecule has 9 nitrogen and oxygen atoms in total. The van der Waals surface area contributed by atoms with Crippen molar-refractivity contribution in [1.29, 1.82) is 0 Å². The molecule has 0 unspecified atom stereocenters. The number of benzene rings is 2. The largest absolute Gasteiger partial charge is 0.497 e. The zero-order valence-corrected chi connectivity index (χ0v) is 18.7. The molecule has 1 aliphatic rings. The highest BCUT2D eigenvalue weighted by Crippen LogP contribution is 2.33. The maximum atomic E-state index is 13.0. The van der Waals surface area contributed by atoms with Crippen LogP contribution in [0.1, 0.15) is 30.1 Å². The molecule has 0 amide bonds. The normalized spacial score (nSPS) is 16.3. The number of piperidine rings is 1. The second-order valence-electron chi connectivity index (χ2n) is 7.36. The zero-order valence-electron chi connectivity index (χ0n) is 17.9. The van der Waals surface area contributed by atoms with E-state index < -0.39 is 16.0 Å². The summed E-state index contributed by atoms with van der Waals surface area (Å²) in [4.78, 5) is 25.6. The summed E-state index contributed by atoms with van der Waals surface area (Å²) >= 11 is 0. The van der Waals surface area contributed by atoms with Crippen LogP contribution < -0.4 is 14.4 Å². The first kappa shape index (κ1) is 23.4. The molecule has 1 aliphatic heterocycles. The minimum absolute atomic E-state index is 0.00743. The Hall–Kier alpha value is -3.27. The summed E-state index contributed by atoms with van der Waals surface area (Å²) < 4.78 is 38.7. The number of hydrogen-bond acceptors (Lipinski definition) is 7. The van der Waals surface area contributed by atoms with Crippen LogP contribution in [0.3, 0.4) is 0 Å². The summed E-state index contributed by atoms with van der Waals surface area (Å²) in [5, 5.41) is 9.39. The lowest BCUT2D eigenvalue weighted by atomic mass is 9.97. The average Bonchev–Trinajstić information content (AvgIpc) is 2.79. The van der Waals surface area contributed by atoms with Gasteiger partial charge in [0.1, 0.15) is 5.75 Å². The summed E-state index contributed by atoms with van der Waals surface area (Å²) in [6.45, 7) is 2.98. The quantitative estimate of drug-likeness (QED) is 0.574. The number of ether oxygens (including phenoxy) is 2. The zero-order chi connectivity index (χ0) is 23.3. The predicted molar refractivity (Wildman–Crippen MR) is 119 cm³/mol. The molecule has 1 fully saturated rings. The second kappa shape index (κ2) is 9.90. The van der Waals surface area contributed by atoms with Gasteiger partial charge >= 0.3 is 11.9 Å². The Kier molecular flexibility index (Phi) is 7.24. The highest BCUT2D eigenvalue weighted by atomic mass is 32.2. The van der Waals surface area contributed by atoms with Crippen molar-refractivity contribution in [3.63, 3.8) is 0 Å². The highest BCUT2D eigenvalue weighted by Gasteiger charge is 2.29. The van der Waals surface area contributed by atoms with Gasteiger partial charge in [-0.15, -0.1) is 0 Å². The molecule has 2 aromatic rings. The van der Waals surface area contributed by atoms with Crippen molar-refractivity contribution >= 4 is 33.3 Å². The molecule has 0 bridgehead atoms. The molecule has 0 saturated carbocycles. The third kappa shape index (κ3) is 5.31. The number of anilines is 2. The van der Waals surface area contributed by atoms with Gasteiger partial charge in [-0.1, -0.05) is 0 Å². The van der Waals surface area contributed by atoms with E-state index in [9.17, 15) is 23.1 Å². The minimum Gasteiger partial charge on any atom is -0.497 e. The van der Waals surface area contributed by atoms with E-state index in [1.807, 2.05) is 4.90 Å². The Bertz CT molecular complexity index is 1080. The lowest BCUT2D eigenvalue weighted by Crippen LogP contribution is -2.39. The maximum absolute atomic E-state index is 13.0. The number of nitrogens with one attached hydrogen (secondary N) is 1. The molecule has 1 atom stereocenters. The number of carbonyl (C=O) groups is 2. The predicted octanol–water partition coefficient (Wildman–Crippen LogP) is 2.97. The fourth-order valence-electron chi connectivity index (χ4n) is 3.63. The fourth-order valence-corrected chi connectivity index (χ4v) is 4.70. The van der Waals surface area contributed by atoms with Crippen molar-refractivity contribution in [2.75, 3.05) is 36.4 Å². The number of hydrogen-bond donors (Lipinski definition) is 2. The number of sulfonamides is 1. The van der Waals surface area contributed by atoms with Crippen LogP contribution in [0.5, 0.6) is 5.75 Å². The average molecular weight is 463 g/mol. The van der Waals surface area contributed by atoms with Crippen molar-refractivity contribution in [2.45, 2.75) is 24.7 Å². The first-order valence-electron chi connectivity index (χ1n) is 10.2. The summed E-state index contributed by atoms with van der Waals surface area (Å²) in [5.41, 5.74) is 0.575. The number of rotatable bonds is 8. The van der Waals surface area contributed by atoms with E-state index in [1.165, 1.54) is 43.5 Å². The van der Waals surface area contributed by atoms with Crippen LogP contribution in [0.4, 0.5) is 11.4 Å². The van der Waals surface area contributed by atoms with Crippen LogP contribution >= 0.6 is 0 Å². The summed E-state index contributed by atoms with van der Waals surface area (Å²) in [6, 6.07) is 10.1. The molecule has 0 aliphatic carbocycles. The van der Waals surface area contributed by atoms with Gasteiger partial charge in [-0.3, -0.25) is 9.52 Å². The lowest BCUT2D eigenvalue weighted by Gasteiger charge is -2.34. The second-order valence-corrected chi connectivity index (χ2v) is 9.04. The van der Waals surface area contributed by atoms with Gasteiger partial charge in [-0.2, -0.15) is 0 Å². The SMILES string of the molecule is CCOC(=O)[C@H]1CCCN(c2ccc(C(=O)O)cc2NS(=O)(=O)c2ccc(OC)cc2)C1. The van der Waals surface area contributed by atoms with E-state index in [4.69, 9.17) is 9.47 Å². The van der Waals surface area contributed by atoms with Crippen molar-refractivity contribution in [3.8, 4) is 5.75 Å². The smallest absolute Gasteiger partial charge is 0.335 e. The van der Waals surface area contributed by atoms with E-state index in [-0.39, 0.29) is 34.6 Å². The molecular weight excluding hydrogens is 436 g/mol. The molecule has 0 radical (unpaired) electrons. The van der Waals surface area contributed by atoms with Crippen LogP contribution in [-0.4, -0.2) is 52.3 Å². The van der Waals surface area contributed by atoms with E-state index in [0.717, 1.165) is 6.42 Å². The first-order chi connectivity index (χ1) is 15.2. The maximum Gasteiger partial charge on any atom is 0.335 e. The Morgan fingerprint density at radius 2 is 1.91 bits per heavy atom. The molecule has 3 rings (SSSR count).